The summed E-state index contributed by atoms with van der Waals surface area (Å²) in [6.07, 6.45) is 3.38. The third-order valence-electron chi connectivity index (χ3n) is 7.10. The van der Waals surface area contributed by atoms with Crippen LogP contribution in [-0.4, -0.2) is 43.8 Å². The van der Waals surface area contributed by atoms with Crippen molar-refractivity contribution in [3.8, 4) is 22.4 Å². The molecule has 0 bridgehead atoms. The minimum Gasteiger partial charge on any atom is -0.383 e. The van der Waals surface area contributed by atoms with Crippen molar-refractivity contribution in [1.82, 2.24) is 19.4 Å². The number of benzene rings is 2. The SMILES string of the molecule is C=C(C)C(=O)Nc1ccc(-c2c(-c3ccc(C(=O)N4CCC[C@H]4C)cc3)c3c(N)ncnc3n2C)c(F)c1. The van der Waals surface area contributed by atoms with E-state index in [-0.39, 0.29) is 23.7 Å². The van der Waals surface area contributed by atoms with E-state index >= 15 is 4.39 Å². The lowest BCUT2D eigenvalue weighted by Gasteiger charge is -2.21. The number of likely N-dealkylation sites (tertiary alicyclic amines) is 1. The summed E-state index contributed by atoms with van der Waals surface area (Å²) in [6.45, 7) is 8.01. The van der Waals surface area contributed by atoms with Gasteiger partial charge in [0, 0.05) is 47.6 Å². The molecule has 2 aromatic heterocycles. The van der Waals surface area contributed by atoms with Crippen LogP contribution in [0.4, 0.5) is 15.9 Å². The second kappa shape index (κ2) is 9.74. The van der Waals surface area contributed by atoms with E-state index in [1.54, 1.807) is 42.8 Å². The smallest absolute Gasteiger partial charge is 0.254 e. The summed E-state index contributed by atoms with van der Waals surface area (Å²) in [7, 11) is 1.79. The van der Waals surface area contributed by atoms with Crippen LogP contribution in [0.5, 0.6) is 0 Å². The van der Waals surface area contributed by atoms with Crippen LogP contribution in [0.3, 0.4) is 0 Å². The van der Waals surface area contributed by atoms with Crippen molar-refractivity contribution in [3.05, 3.63) is 72.3 Å². The number of anilines is 2. The maximum absolute atomic E-state index is 15.6. The van der Waals surface area contributed by atoms with Crippen LogP contribution in [-0.2, 0) is 11.8 Å². The van der Waals surface area contributed by atoms with Crippen molar-refractivity contribution in [2.75, 3.05) is 17.6 Å². The number of amides is 2. The molecule has 5 rings (SSSR count). The van der Waals surface area contributed by atoms with E-state index in [2.05, 4.69) is 28.8 Å². The van der Waals surface area contributed by atoms with Crippen molar-refractivity contribution >= 4 is 34.4 Å². The third kappa shape index (κ3) is 4.30. The Bertz CT molecular complexity index is 1590. The quantitative estimate of drug-likeness (QED) is 0.359. The highest BCUT2D eigenvalue weighted by molar-refractivity contribution is 6.08. The van der Waals surface area contributed by atoms with Gasteiger partial charge in [0.1, 0.15) is 23.6 Å². The fourth-order valence-corrected chi connectivity index (χ4v) is 5.07. The molecule has 1 atom stereocenters. The van der Waals surface area contributed by atoms with E-state index in [4.69, 9.17) is 5.73 Å². The molecular weight excluding hydrogens is 483 g/mol. The average molecular weight is 513 g/mol. The van der Waals surface area contributed by atoms with Crippen molar-refractivity contribution in [2.45, 2.75) is 32.7 Å². The molecule has 8 nitrogen and oxygen atoms in total. The molecule has 0 unspecified atom stereocenters. The predicted octanol–water partition coefficient (Wildman–Crippen LogP) is 5.16. The number of hydrogen-bond acceptors (Lipinski definition) is 5. The number of nitrogen functional groups attached to an aromatic ring is 1. The van der Waals surface area contributed by atoms with E-state index in [1.807, 2.05) is 17.0 Å². The van der Waals surface area contributed by atoms with Gasteiger partial charge < -0.3 is 20.5 Å². The van der Waals surface area contributed by atoms with Crippen LogP contribution in [0.15, 0.2) is 60.9 Å². The minimum atomic E-state index is -0.530. The topological polar surface area (TPSA) is 106 Å². The van der Waals surface area contributed by atoms with Gasteiger partial charge in [0.15, 0.2) is 0 Å². The fraction of sp³-hybridized carbons (Fsp3) is 0.241. The molecule has 0 saturated carbocycles. The molecule has 2 amide bonds. The molecule has 9 heteroatoms. The Kier molecular flexibility index (Phi) is 6.44. The van der Waals surface area contributed by atoms with E-state index < -0.39 is 5.82 Å². The molecule has 1 aliphatic rings. The number of nitrogens with two attached hydrogens (primary N) is 1. The van der Waals surface area contributed by atoms with E-state index in [0.29, 0.717) is 44.7 Å². The Morgan fingerprint density at radius 2 is 1.89 bits per heavy atom. The number of hydrogen-bond donors (Lipinski definition) is 2. The number of aromatic nitrogens is 3. The second-order valence-corrected chi connectivity index (χ2v) is 9.74. The van der Waals surface area contributed by atoms with Crippen molar-refractivity contribution < 1.29 is 14.0 Å². The monoisotopic (exact) mass is 512 g/mol. The normalized spacial score (nSPS) is 15.2. The molecule has 3 heterocycles. The number of nitrogens with one attached hydrogen (secondary N) is 1. The Balaban J connectivity index is 1.62. The molecular formula is C29H29FN6O2. The summed E-state index contributed by atoms with van der Waals surface area (Å²) < 4.78 is 17.3. The number of carbonyl (C=O) groups excluding carboxylic acids is 2. The fourth-order valence-electron chi connectivity index (χ4n) is 5.07. The number of aryl methyl sites for hydroxylation is 1. The number of rotatable bonds is 5. The highest BCUT2D eigenvalue weighted by Gasteiger charge is 2.27. The van der Waals surface area contributed by atoms with Gasteiger partial charge in [-0.2, -0.15) is 0 Å². The zero-order valence-corrected chi connectivity index (χ0v) is 21.6. The Morgan fingerprint density at radius 1 is 1.16 bits per heavy atom. The van der Waals surface area contributed by atoms with Gasteiger partial charge in [-0.1, -0.05) is 18.7 Å². The van der Waals surface area contributed by atoms with Gasteiger partial charge >= 0.3 is 0 Å². The van der Waals surface area contributed by atoms with Crippen molar-refractivity contribution in [2.24, 2.45) is 7.05 Å². The number of halogens is 1. The van der Waals surface area contributed by atoms with Gasteiger partial charge in [0.05, 0.1) is 11.1 Å². The summed E-state index contributed by atoms with van der Waals surface area (Å²) in [5.74, 6) is -0.647. The molecule has 194 valence electrons. The van der Waals surface area contributed by atoms with Crippen LogP contribution in [0.25, 0.3) is 33.4 Å². The van der Waals surface area contributed by atoms with Crippen LogP contribution < -0.4 is 11.1 Å². The summed E-state index contributed by atoms with van der Waals surface area (Å²) in [5.41, 5.74) is 10.3. The Labute approximate surface area is 220 Å². The molecule has 0 radical (unpaired) electrons. The molecule has 1 saturated heterocycles. The van der Waals surface area contributed by atoms with Crippen LogP contribution in [0, 0.1) is 5.82 Å². The van der Waals surface area contributed by atoms with Crippen molar-refractivity contribution in [3.63, 3.8) is 0 Å². The molecule has 2 aromatic carbocycles. The van der Waals surface area contributed by atoms with Gasteiger partial charge in [-0.05, 0) is 62.6 Å². The largest absolute Gasteiger partial charge is 0.383 e. The lowest BCUT2D eigenvalue weighted by molar-refractivity contribution is -0.112. The summed E-state index contributed by atoms with van der Waals surface area (Å²) >= 11 is 0. The highest BCUT2D eigenvalue weighted by atomic mass is 19.1. The third-order valence-corrected chi connectivity index (χ3v) is 7.10. The molecule has 38 heavy (non-hydrogen) atoms. The van der Waals surface area contributed by atoms with Gasteiger partial charge in [0.25, 0.3) is 11.8 Å². The van der Waals surface area contributed by atoms with Crippen LogP contribution in [0.2, 0.25) is 0 Å². The molecule has 4 aromatic rings. The molecule has 0 aliphatic carbocycles. The van der Waals surface area contributed by atoms with Gasteiger partial charge in [-0.25, -0.2) is 14.4 Å². The second-order valence-electron chi connectivity index (χ2n) is 9.74. The summed E-state index contributed by atoms with van der Waals surface area (Å²) in [5, 5.41) is 3.23. The summed E-state index contributed by atoms with van der Waals surface area (Å²) in [6, 6.07) is 12.0. The standard InChI is InChI=1S/C29H29FN6O2/c1-16(2)28(37)34-20-11-12-21(22(30)14-20)25-23(24-26(31)32-15-33-27(24)35(25)4)18-7-9-19(10-8-18)29(38)36-13-5-6-17(36)3/h7-12,14-15,17H,1,5-6,13H2,2-4H3,(H,34,37)(H2,31,32,33)/t17-/m1/s1. The predicted molar refractivity (Wildman–Crippen MR) is 147 cm³/mol. The summed E-state index contributed by atoms with van der Waals surface area (Å²) in [4.78, 5) is 35.5. The number of nitrogens with zero attached hydrogens (tertiary/aromatic N) is 4. The first kappa shape index (κ1) is 25.1. The molecule has 1 fully saturated rings. The maximum Gasteiger partial charge on any atom is 0.254 e. The van der Waals surface area contributed by atoms with Crippen LogP contribution >= 0.6 is 0 Å². The first-order valence-corrected chi connectivity index (χ1v) is 12.4. The van der Waals surface area contributed by atoms with E-state index in [1.165, 1.54) is 12.4 Å². The lowest BCUT2D eigenvalue weighted by atomic mass is 9.97. The molecule has 0 spiro atoms. The highest BCUT2D eigenvalue weighted by Crippen LogP contribution is 2.42. The average Bonchev–Trinajstić information content (AvgIpc) is 3.45. The van der Waals surface area contributed by atoms with Crippen LogP contribution in [0.1, 0.15) is 37.0 Å². The van der Waals surface area contributed by atoms with Gasteiger partial charge in [-0.15, -0.1) is 0 Å². The van der Waals surface area contributed by atoms with E-state index in [0.717, 1.165) is 24.9 Å². The van der Waals surface area contributed by atoms with Crippen molar-refractivity contribution in [1.29, 1.82) is 0 Å². The van der Waals surface area contributed by atoms with Gasteiger partial charge in [-0.3, -0.25) is 9.59 Å². The number of carbonyl (C=O) groups is 2. The molecule has 1 aliphatic heterocycles. The Morgan fingerprint density at radius 3 is 2.53 bits per heavy atom. The van der Waals surface area contributed by atoms with Gasteiger partial charge in [0.2, 0.25) is 0 Å². The zero-order chi connectivity index (χ0) is 27.1. The zero-order valence-electron chi connectivity index (χ0n) is 21.6. The van der Waals surface area contributed by atoms with E-state index in [9.17, 15) is 9.59 Å². The first-order chi connectivity index (χ1) is 18.2. The maximum atomic E-state index is 15.6. The Hall–Kier alpha value is -4.53. The number of fused-ring (bicyclic) bond motifs is 1. The first-order valence-electron chi connectivity index (χ1n) is 12.4. The minimum absolute atomic E-state index is 0.000909. The lowest BCUT2D eigenvalue weighted by Crippen LogP contribution is -2.33. The molecule has 3 N–H and O–H groups in total.